The van der Waals surface area contributed by atoms with E-state index >= 15 is 0 Å². The van der Waals surface area contributed by atoms with E-state index in [1.807, 2.05) is 0 Å². The first-order valence-corrected chi connectivity index (χ1v) is 15.8. The van der Waals surface area contributed by atoms with Gasteiger partial charge in [-0.1, -0.05) is 89.4 Å². The van der Waals surface area contributed by atoms with E-state index in [2.05, 4.69) is 62.8 Å². The Kier molecular flexibility index (Phi) is 6.88. The molecular formula is C24H12Br3Cl3N3O4P. The van der Waals surface area contributed by atoms with Crippen LogP contribution in [0.3, 0.4) is 0 Å². The van der Waals surface area contributed by atoms with Gasteiger partial charge < -0.3 is 0 Å². The molecule has 3 aliphatic rings. The van der Waals surface area contributed by atoms with Crippen molar-refractivity contribution < 1.29 is 18.1 Å². The van der Waals surface area contributed by atoms with E-state index in [0.29, 0.717) is 31.7 Å². The maximum absolute atomic E-state index is 14.6. The van der Waals surface area contributed by atoms with Crippen LogP contribution >= 0.6 is 90.4 Å². The number of phosphoric acid groups is 1. The first kappa shape index (κ1) is 27.3. The van der Waals surface area contributed by atoms with Crippen LogP contribution < -0.4 is 31.7 Å². The summed E-state index contributed by atoms with van der Waals surface area (Å²) >= 11 is 30.1. The molecule has 3 atom stereocenters. The highest BCUT2D eigenvalue weighted by Crippen LogP contribution is 2.65. The smallest absolute Gasteiger partial charge is 0.241 e. The fraction of sp³-hybridized carbons (Fsp3) is 0.125. The molecule has 3 aromatic rings. The molecule has 0 fully saturated rings. The summed E-state index contributed by atoms with van der Waals surface area (Å²) in [4.78, 5) is 13.4. The normalized spacial score (nSPS) is 28.6. The average molecular weight is 783 g/mol. The molecule has 0 bridgehead atoms. The fourth-order valence-corrected chi connectivity index (χ4v) is 9.15. The summed E-state index contributed by atoms with van der Waals surface area (Å²) in [6.07, 6.45) is 0. The molecule has 6 rings (SSSR count). The Balaban J connectivity index is 1.47. The van der Waals surface area contributed by atoms with Gasteiger partial charge in [0.1, 0.15) is 0 Å². The molecule has 0 aromatic heterocycles. The molecule has 0 amide bonds. The van der Waals surface area contributed by atoms with Crippen molar-refractivity contribution in [2.24, 2.45) is 15.0 Å². The highest BCUT2D eigenvalue weighted by atomic mass is 79.9. The van der Waals surface area contributed by atoms with E-state index in [1.165, 1.54) is 0 Å². The lowest BCUT2D eigenvalue weighted by Gasteiger charge is -2.33. The second-order valence-electron chi connectivity index (χ2n) is 8.23. The minimum atomic E-state index is -4.80. The van der Waals surface area contributed by atoms with Gasteiger partial charge in [0.2, 0.25) is 0 Å². The molecule has 3 aliphatic heterocycles. The number of halogens is 6. The largest absolute Gasteiger partial charge is 0.484 e. The monoisotopic (exact) mass is 779 g/mol. The number of hydrogen-bond donors (Lipinski definition) is 0. The van der Waals surface area contributed by atoms with E-state index < -0.39 is 21.7 Å². The Morgan fingerprint density at radius 2 is 0.816 bits per heavy atom. The van der Waals surface area contributed by atoms with Gasteiger partial charge in [0.15, 0.2) is 0 Å². The van der Waals surface area contributed by atoms with Crippen molar-refractivity contribution >= 4 is 106 Å². The molecule has 0 aliphatic carbocycles. The molecule has 3 heterocycles. The van der Waals surface area contributed by atoms with Crippen LogP contribution in [-0.4, -0.2) is 13.9 Å². The van der Waals surface area contributed by atoms with Crippen molar-refractivity contribution in [3.63, 3.8) is 0 Å². The molecule has 0 saturated carbocycles. The summed E-state index contributed by atoms with van der Waals surface area (Å²) in [7, 11) is -4.80. The number of rotatable bonds is 6. The van der Waals surface area contributed by atoms with E-state index in [4.69, 9.17) is 48.4 Å². The van der Waals surface area contributed by atoms with Gasteiger partial charge >= 0.3 is 7.82 Å². The van der Waals surface area contributed by atoms with Gasteiger partial charge in [-0.3, -0.25) is 0 Å². The summed E-state index contributed by atoms with van der Waals surface area (Å²) in [6, 6.07) is 21.2. The zero-order valence-corrected chi connectivity index (χ0v) is 26.5. The van der Waals surface area contributed by atoms with Crippen molar-refractivity contribution in [3.8, 4) is 0 Å². The van der Waals surface area contributed by atoms with E-state index in [0.717, 1.165) is 0 Å². The molecule has 7 nitrogen and oxygen atoms in total. The third kappa shape index (κ3) is 4.51. The number of fused-ring (bicyclic) bond motifs is 3. The van der Waals surface area contributed by atoms with Crippen LogP contribution in [-0.2, 0) is 18.1 Å². The van der Waals surface area contributed by atoms with Crippen LogP contribution in [0.4, 0.5) is 0 Å². The van der Waals surface area contributed by atoms with E-state index in [9.17, 15) is 4.57 Å². The standard InChI is InChI=1S/C24H12Br3Cl3N3O4P/c25-22(19(28)13-7-1-4-10-16(13)31-22)35-38(34,36-23(26)20(29)14-8-2-5-11-17(14)32-23)37-24(27)21(30)15-9-3-6-12-18(15)33-24/h1-12H. The van der Waals surface area contributed by atoms with Crippen LogP contribution in [0.25, 0.3) is 15.1 Å². The van der Waals surface area contributed by atoms with Gasteiger partial charge in [-0.2, -0.15) is 0 Å². The second-order valence-corrected chi connectivity index (χ2v) is 14.0. The number of phosphoric ester groups is 1. The number of nitrogens with zero attached hydrogens (tertiary/aromatic N) is 3. The summed E-state index contributed by atoms with van der Waals surface area (Å²) in [5, 5.41) is 3.57. The van der Waals surface area contributed by atoms with Crippen LogP contribution in [0.15, 0.2) is 87.8 Å². The van der Waals surface area contributed by atoms with Crippen LogP contribution in [0.1, 0.15) is 0 Å². The summed E-state index contributed by atoms with van der Waals surface area (Å²) < 4.78 is 27.2. The van der Waals surface area contributed by atoms with Gasteiger partial charge in [-0.25, -0.2) is 33.1 Å². The quantitative estimate of drug-likeness (QED) is 0.212. The van der Waals surface area contributed by atoms with Gasteiger partial charge in [0.05, 0.1) is 31.2 Å². The Hall–Kier alpha value is -0.910. The number of benzene rings is 3. The van der Waals surface area contributed by atoms with Gasteiger partial charge in [-0.05, 0) is 66.0 Å². The molecule has 0 radical (unpaired) electrons. The topological polar surface area (TPSA) is 81.8 Å². The lowest BCUT2D eigenvalue weighted by molar-refractivity contribution is 0.0562. The third-order valence-corrected chi connectivity index (χ3v) is 12.2. The highest BCUT2D eigenvalue weighted by molar-refractivity contribution is 9.10. The number of para-hydroxylation sites is 3. The molecule has 14 heteroatoms. The minimum absolute atomic E-state index is 0.108. The average Bonchev–Trinajstić information content (AvgIpc) is 3.37. The lowest BCUT2D eigenvalue weighted by Crippen LogP contribution is -2.30. The summed E-state index contributed by atoms with van der Waals surface area (Å²) in [5.74, 6) is 0. The first-order valence-electron chi connectivity index (χ1n) is 10.8. The zero-order valence-electron chi connectivity index (χ0n) is 18.6. The Labute approximate surface area is 255 Å². The minimum Gasteiger partial charge on any atom is -0.241 e. The third-order valence-electron chi connectivity index (χ3n) is 5.72. The van der Waals surface area contributed by atoms with E-state index in [1.54, 1.807) is 72.8 Å². The molecule has 194 valence electrons. The Morgan fingerprint density at radius 3 is 1.08 bits per heavy atom. The van der Waals surface area contributed by atoms with Crippen molar-refractivity contribution in [1.29, 1.82) is 0 Å². The Bertz CT molecular complexity index is 1740. The van der Waals surface area contributed by atoms with Crippen LogP contribution in [0, 0.1) is 0 Å². The maximum Gasteiger partial charge on any atom is 0.484 e. The lowest BCUT2D eigenvalue weighted by atomic mass is 10.3. The SMILES string of the molecule is O=P(OC1(Br)N=c2ccccc2=C1Cl)(OC1(Br)N=c2ccccc2=C1Cl)OC1(Br)N=c2ccccc2=C1Cl. The Morgan fingerprint density at radius 1 is 0.553 bits per heavy atom. The van der Waals surface area contributed by atoms with E-state index in [-0.39, 0.29) is 15.1 Å². The molecule has 3 unspecified atom stereocenters. The van der Waals surface area contributed by atoms with Gasteiger partial charge in [-0.15, -0.1) is 0 Å². The van der Waals surface area contributed by atoms with Crippen LogP contribution in [0.5, 0.6) is 0 Å². The van der Waals surface area contributed by atoms with Crippen molar-refractivity contribution in [2.75, 3.05) is 0 Å². The zero-order chi connectivity index (χ0) is 26.9. The van der Waals surface area contributed by atoms with Gasteiger partial charge in [0, 0.05) is 15.7 Å². The molecule has 3 aromatic carbocycles. The first-order chi connectivity index (χ1) is 18.0. The van der Waals surface area contributed by atoms with Crippen molar-refractivity contribution in [3.05, 3.63) is 105 Å². The summed E-state index contributed by atoms with van der Waals surface area (Å²) in [5.41, 5.74) is 0. The molecular weight excluding hydrogens is 771 g/mol. The molecule has 0 saturated heterocycles. The molecule has 38 heavy (non-hydrogen) atoms. The van der Waals surface area contributed by atoms with Crippen LogP contribution in [0.2, 0.25) is 0 Å². The maximum atomic E-state index is 14.6. The van der Waals surface area contributed by atoms with Gasteiger partial charge in [0.25, 0.3) is 13.9 Å². The fourth-order valence-electron chi connectivity index (χ4n) is 4.06. The number of alkyl halides is 3. The predicted molar refractivity (Wildman–Crippen MR) is 155 cm³/mol. The molecule has 0 N–H and O–H groups in total. The van der Waals surface area contributed by atoms with Crippen molar-refractivity contribution in [2.45, 2.75) is 13.9 Å². The highest BCUT2D eigenvalue weighted by Gasteiger charge is 2.55. The number of hydrogen-bond acceptors (Lipinski definition) is 7. The predicted octanol–water partition coefficient (Wildman–Crippen LogP) is 4.33. The summed E-state index contributed by atoms with van der Waals surface area (Å²) in [6.45, 7) is 0. The van der Waals surface area contributed by atoms with Crippen molar-refractivity contribution in [1.82, 2.24) is 0 Å². The molecule has 0 spiro atoms. The second kappa shape index (κ2) is 9.58.